The molecule has 0 atom stereocenters. The molecule has 0 aliphatic carbocycles. The first-order chi connectivity index (χ1) is 10.4. The maximum atomic E-state index is 12.9. The van der Waals surface area contributed by atoms with E-state index < -0.39 is 11.7 Å². The molecule has 0 saturated carbocycles. The van der Waals surface area contributed by atoms with Crippen LogP contribution in [-0.2, 0) is 12.8 Å². The predicted octanol–water partition coefficient (Wildman–Crippen LogP) is 4.47. The van der Waals surface area contributed by atoms with Crippen molar-refractivity contribution in [3.63, 3.8) is 0 Å². The van der Waals surface area contributed by atoms with Crippen LogP contribution in [0.25, 0.3) is 10.9 Å². The van der Waals surface area contributed by atoms with Gasteiger partial charge in [-0.25, -0.2) is 0 Å². The zero-order valence-corrected chi connectivity index (χ0v) is 11.3. The first-order valence-electron chi connectivity index (χ1n) is 6.53. The Morgan fingerprint density at radius 3 is 2.59 bits per heavy atom. The molecule has 3 nitrogen and oxygen atoms in total. The second-order valence-corrected chi connectivity index (χ2v) is 4.85. The number of hydrogen-bond acceptors (Lipinski definition) is 2. The third kappa shape index (κ3) is 2.86. The third-order valence-electron chi connectivity index (χ3n) is 3.24. The number of alkyl halides is 3. The molecule has 6 heteroatoms. The van der Waals surface area contributed by atoms with Crippen LogP contribution in [0.2, 0.25) is 0 Å². The Labute approximate surface area is 124 Å². The SMILES string of the molecule is Oc1ccc2[nH]c(COc3ccccc3C(F)(F)F)cc2c1. The van der Waals surface area contributed by atoms with Crippen LogP contribution in [0, 0.1) is 0 Å². The number of para-hydroxylation sites is 1. The van der Waals surface area contributed by atoms with Gasteiger partial charge in [-0.05, 0) is 36.4 Å². The number of H-pyrrole nitrogens is 1. The summed E-state index contributed by atoms with van der Waals surface area (Å²) in [6.07, 6.45) is -4.46. The Morgan fingerprint density at radius 2 is 1.82 bits per heavy atom. The normalized spacial score (nSPS) is 11.8. The van der Waals surface area contributed by atoms with Crippen LogP contribution in [0.1, 0.15) is 11.3 Å². The highest BCUT2D eigenvalue weighted by Crippen LogP contribution is 2.36. The molecular formula is C16H12F3NO2. The summed E-state index contributed by atoms with van der Waals surface area (Å²) in [4.78, 5) is 3.03. The summed E-state index contributed by atoms with van der Waals surface area (Å²) in [6.45, 7) is -0.0253. The molecule has 0 spiro atoms. The molecule has 0 fully saturated rings. The molecule has 0 amide bonds. The lowest BCUT2D eigenvalue weighted by Gasteiger charge is -2.13. The molecule has 2 aromatic carbocycles. The number of hydrogen-bond donors (Lipinski definition) is 2. The fourth-order valence-corrected chi connectivity index (χ4v) is 2.24. The van der Waals surface area contributed by atoms with Crippen molar-refractivity contribution in [1.82, 2.24) is 4.98 Å². The number of nitrogens with one attached hydrogen (secondary N) is 1. The van der Waals surface area contributed by atoms with Crippen LogP contribution in [0.5, 0.6) is 11.5 Å². The van der Waals surface area contributed by atoms with Crippen LogP contribution in [0.4, 0.5) is 13.2 Å². The van der Waals surface area contributed by atoms with E-state index in [0.29, 0.717) is 5.69 Å². The molecule has 1 heterocycles. The van der Waals surface area contributed by atoms with Gasteiger partial charge in [0.15, 0.2) is 0 Å². The molecular weight excluding hydrogens is 295 g/mol. The Kier molecular flexibility index (Phi) is 3.44. The average molecular weight is 307 g/mol. The van der Waals surface area contributed by atoms with Gasteiger partial charge in [-0.2, -0.15) is 13.2 Å². The summed E-state index contributed by atoms with van der Waals surface area (Å²) in [6, 6.07) is 11.6. The number of phenols is 1. The number of ether oxygens (including phenoxy) is 1. The number of aromatic hydroxyl groups is 1. The number of aromatic amines is 1. The fraction of sp³-hybridized carbons (Fsp3) is 0.125. The van der Waals surface area contributed by atoms with Crippen LogP contribution < -0.4 is 4.74 Å². The van der Waals surface area contributed by atoms with Crippen molar-refractivity contribution >= 4 is 10.9 Å². The van der Waals surface area contributed by atoms with Crippen molar-refractivity contribution in [1.29, 1.82) is 0 Å². The van der Waals surface area contributed by atoms with E-state index in [2.05, 4.69) is 4.98 Å². The van der Waals surface area contributed by atoms with E-state index in [0.717, 1.165) is 17.0 Å². The zero-order chi connectivity index (χ0) is 15.7. The van der Waals surface area contributed by atoms with Gasteiger partial charge in [0.1, 0.15) is 18.1 Å². The molecule has 114 valence electrons. The van der Waals surface area contributed by atoms with E-state index in [1.54, 1.807) is 18.2 Å². The van der Waals surface area contributed by atoms with Gasteiger partial charge in [0.25, 0.3) is 0 Å². The van der Waals surface area contributed by atoms with Gasteiger partial charge in [0.05, 0.1) is 11.3 Å². The highest BCUT2D eigenvalue weighted by atomic mass is 19.4. The van der Waals surface area contributed by atoms with Crippen molar-refractivity contribution in [3.8, 4) is 11.5 Å². The van der Waals surface area contributed by atoms with Crippen LogP contribution in [0.3, 0.4) is 0 Å². The monoisotopic (exact) mass is 307 g/mol. The van der Waals surface area contributed by atoms with Crippen LogP contribution >= 0.6 is 0 Å². The van der Waals surface area contributed by atoms with Crippen molar-refractivity contribution < 1.29 is 23.0 Å². The van der Waals surface area contributed by atoms with Gasteiger partial charge in [-0.15, -0.1) is 0 Å². The van der Waals surface area contributed by atoms with E-state index in [4.69, 9.17) is 4.74 Å². The number of halogens is 3. The molecule has 0 saturated heterocycles. The number of aromatic nitrogens is 1. The number of fused-ring (bicyclic) bond motifs is 1. The van der Waals surface area contributed by atoms with E-state index in [9.17, 15) is 18.3 Å². The third-order valence-corrected chi connectivity index (χ3v) is 3.24. The van der Waals surface area contributed by atoms with Gasteiger partial charge >= 0.3 is 6.18 Å². The summed E-state index contributed by atoms with van der Waals surface area (Å²) < 4.78 is 43.9. The molecule has 2 N–H and O–H groups in total. The topological polar surface area (TPSA) is 45.2 Å². The number of phenolic OH excluding ortho intramolecular Hbond substituents is 1. The van der Waals surface area contributed by atoms with Crippen LogP contribution in [0.15, 0.2) is 48.5 Å². The average Bonchev–Trinajstić information content (AvgIpc) is 2.86. The fourth-order valence-electron chi connectivity index (χ4n) is 2.24. The maximum Gasteiger partial charge on any atom is 0.419 e. The van der Waals surface area contributed by atoms with Gasteiger partial charge in [0.2, 0.25) is 0 Å². The van der Waals surface area contributed by atoms with E-state index >= 15 is 0 Å². The second-order valence-electron chi connectivity index (χ2n) is 4.85. The minimum Gasteiger partial charge on any atom is -0.508 e. The Bertz CT molecular complexity index is 809. The Morgan fingerprint density at radius 1 is 1.05 bits per heavy atom. The van der Waals surface area contributed by atoms with Crippen molar-refractivity contribution in [3.05, 3.63) is 59.8 Å². The Hall–Kier alpha value is -2.63. The highest BCUT2D eigenvalue weighted by Gasteiger charge is 2.34. The van der Waals surface area contributed by atoms with Crippen LogP contribution in [-0.4, -0.2) is 10.1 Å². The minimum absolute atomic E-state index is 0.0253. The summed E-state index contributed by atoms with van der Waals surface area (Å²) in [5.41, 5.74) is 0.599. The molecule has 0 bridgehead atoms. The zero-order valence-electron chi connectivity index (χ0n) is 11.3. The van der Waals surface area contributed by atoms with Crippen molar-refractivity contribution in [2.75, 3.05) is 0 Å². The molecule has 0 unspecified atom stereocenters. The molecule has 0 aliphatic rings. The quantitative estimate of drug-likeness (QED) is 0.750. The molecule has 0 aliphatic heterocycles. The largest absolute Gasteiger partial charge is 0.508 e. The maximum absolute atomic E-state index is 12.9. The molecule has 1 aromatic heterocycles. The van der Waals surface area contributed by atoms with Gasteiger partial charge in [0, 0.05) is 10.9 Å². The smallest absolute Gasteiger partial charge is 0.419 e. The first-order valence-corrected chi connectivity index (χ1v) is 6.53. The highest BCUT2D eigenvalue weighted by molar-refractivity contribution is 5.81. The first kappa shape index (κ1) is 14.3. The van der Waals surface area contributed by atoms with Crippen molar-refractivity contribution in [2.45, 2.75) is 12.8 Å². The summed E-state index contributed by atoms with van der Waals surface area (Å²) in [5, 5.41) is 10.2. The summed E-state index contributed by atoms with van der Waals surface area (Å²) in [5.74, 6) is -0.0853. The predicted molar refractivity (Wildman–Crippen MR) is 75.7 cm³/mol. The number of rotatable bonds is 3. The molecule has 3 aromatic rings. The summed E-state index contributed by atoms with van der Waals surface area (Å²) in [7, 11) is 0. The Balaban J connectivity index is 1.82. The minimum atomic E-state index is -4.46. The molecule has 0 radical (unpaired) electrons. The van der Waals surface area contributed by atoms with Gasteiger partial charge in [-0.3, -0.25) is 0 Å². The van der Waals surface area contributed by atoms with E-state index in [1.807, 2.05) is 0 Å². The second kappa shape index (κ2) is 5.29. The lowest BCUT2D eigenvalue weighted by atomic mass is 10.2. The number of benzene rings is 2. The van der Waals surface area contributed by atoms with Gasteiger partial charge in [-0.1, -0.05) is 12.1 Å². The van der Waals surface area contributed by atoms with E-state index in [1.165, 1.54) is 24.3 Å². The lowest BCUT2D eigenvalue weighted by molar-refractivity contribution is -0.139. The van der Waals surface area contributed by atoms with Crippen molar-refractivity contribution in [2.24, 2.45) is 0 Å². The molecule has 22 heavy (non-hydrogen) atoms. The standard InChI is InChI=1S/C16H12F3NO2/c17-16(18,19)13-3-1-2-4-15(13)22-9-11-7-10-8-12(21)5-6-14(10)20-11/h1-8,20-21H,9H2. The summed E-state index contributed by atoms with van der Waals surface area (Å²) >= 11 is 0. The molecule has 3 rings (SSSR count). The van der Waals surface area contributed by atoms with Gasteiger partial charge < -0.3 is 14.8 Å². The lowest BCUT2D eigenvalue weighted by Crippen LogP contribution is -2.08. The van der Waals surface area contributed by atoms with E-state index in [-0.39, 0.29) is 18.1 Å².